The Morgan fingerprint density at radius 2 is 1.91 bits per heavy atom. The second kappa shape index (κ2) is 7.82. The standard InChI is InChI=1S/C17H18ClNO3/c1-21-17(20)15(19)10-13-7-8-16(14(18)9-13)22-11-12-5-3-2-4-6-12/h2-9,15H,10-11,19H2,1H3. The molecule has 0 spiro atoms. The number of nitrogens with two attached hydrogens (primary N) is 1. The van der Waals surface area contributed by atoms with E-state index in [9.17, 15) is 4.79 Å². The maximum atomic E-state index is 11.3. The van der Waals surface area contributed by atoms with Gasteiger partial charge in [0, 0.05) is 0 Å². The lowest BCUT2D eigenvalue weighted by molar-refractivity contribution is -0.142. The van der Waals surface area contributed by atoms with Gasteiger partial charge in [-0.25, -0.2) is 0 Å². The predicted molar refractivity (Wildman–Crippen MR) is 85.9 cm³/mol. The van der Waals surface area contributed by atoms with Gasteiger partial charge in [-0.2, -0.15) is 0 Å². The summed E-state index contributed by atoms with van der Waals surface area (Å²) in [4.78, 5) is 11.3. The van der Waals surface area contributed by atoms with E-state index in [1.54, 1.807) is 12.1 Å². The quantitative estimate of drug-likeness (QED) is 0.832. The molecule has 0 amide bonds. The molecule has 116 valence electrons. The van der Waals surface area contributed by atoms with Gasteiger partial charge >= 0.3 is 5.97 Å². The first-order valence-electron chi connectivity index (χ1n) is 6.88. The predicted octanol–water partition coefficient (Wildman–Crippen LogP) is 2.96. The number of hydrogen-bond donors (Lipinski definition) is 1. The molecule has 1 atom stereocenters. The van der Waals surface area contributed by atoms with Gasteiger partial charge < -0.3 is 15.2 Å². The van der Waals surface area contributed by atoms with E-state index in [4.69, 9.17) is 22.1 Å². The molecule has 0 bridgehead atoms. The van der Waals surface area contributed by atoms with E-state index in [1.807, 2.05) is 36.4 Å². The van der Waals surface area contributed by atoms with Crippen LogP contribution in [0, 0.1) is 0 Å². The van der Waals surface area contributed by atoms with Gasteiger partial charge in [-0.15, -0.1) is 0 Å². The number of ether oxygens (including phenoxy) is 2. The summed E-state index contributed by atoms with van der Waals surface area (Å²) in [6.45, 7) is 0.446. The molecule has 0 saturated heterocycles. The molecule has 4 nitrogen and oxygen atoms in total. The first-order chi connectivity index (χ1) is 10.6. The Balaban J connectivity index is 1.99. The smallest absolute Gasteiger partial charge is 0.322 e. The Labute approximate surface area is 134 Å². The molecular weight excluding hydrogens is 302 g/mol. The Bertz CT molecular complexity index is 631. The second-order valence-corrected chi connectivity index (χ2v) is 5.28. The average Bonchev–Trinajstić information content (AvgIpc) is 2.54. The van der Waals surface area contributed by atoms with E-state index in [0.717, 1.165) is 11.1 Å². The van der Waals surface area contributed by atoms with Gasteiger partial charge in [0.2, 0.25) is 0 Å². The van der Waals surface area contributed by atoms with Crippen LogP contribution in [0.4, 0.5) is 0 Å². The largest absolute Gasteiger partial charge is 0.487 e. The Kier molecular flexibility index (Phi) is 5.81. The van der Waals surface area contributed by atoms with Crippen molar-refractivity contribution in [1.29, 1.82) is 0 Å². The zero-order chi connectivity index (χ0) is 15.9. The molecule has 0 heterocycles. The fourth-order valence-electron chi connectivity index (χ4n) is 2.01. The van der Waals surface area contributed by atoms with Gasteiger partial charge in [-0.05, 0) is 29.7 Å². The molecule has 2 aromatic rings. The minimum Gasteiger partial charge on any atom is -0.487 e. The number of methoxy groups -OCH3 is 1. The third-order valence-corrected chi connectivity index (χ3v) is 3.49. The van der Waals surface area contributed by atoms with Crippen LogP contribution in [-0.4, -0.2) is 19.1 Å². The SMILES string of the molecule is COC(=O)C(N)Cc1ccc(OCc2ccccc2)c(Cl)c1. The summed E-state index contributed by atoms with van der Waals surface area (Å²) in [6, 6.07) is 14.5. The number of carbonyl (C=O) groups excluding carboxylic acids is 1. The van der Waals surface area contributed by atoms with E-state index in [0.29, 0.717) is 23.8 Å². The Hall–Kier alpha value is -2.04. The monoisotopic (exact) mass is 319 g/mol. The van der Waals surface area contributed by atoms with Crippen molar-refractivity contribution < 1.29 is 14.3 Å². The van der Waals surface area contributed by atoms with E-state index >= 15 is 0 Å². The molecule has 22 heavy (non-hydrogen) atoms. The number of esters is 1. The van der Waals surface area contributed by atoms with Gasteiger partial charge in [-0.1, -0.05) is 48.0 Å². The third-order valence-electron chi connectivity index (χ3n) is 3.19. The van der Waals surface area contributed by atoms with Crippen molar-refractivity contribution in [3.63, 3.8) is 0 Å². The highest BCUT2D eigenvalue weighted by Crippen LogP contribution is 2.26. The average molecular weight is 320 g/mol. The van der Waals surface area contributed by atoms with Crippen LogP contribution in [0.3, 0.4) is 0 Å². The van der Waals surface area contributed by atoms with Crippen LogP contribution in [0.5, 0.6) is 5.75 Å². The summed E-state index contributed by atoms with van der Waals surface area (Å²) >= 11 is 6.21. The number of benzene rings is 2. The molecule has 0 aliphatic carbocycles. The fourth-order valence-corrected chi connectivity index (χ4v) is 2.27. The summed E-state index contributed by atoms with van der Waals surface area (Å²) in [7, 11) is 1.32. The lowest BCUT2D eigenvalue weighted by atomic mass is 10.1. The first-order valence-corrected chi connectivity index (χ1v) is 7.26. The highest BCUT2D eigenvalue weighted by atomic mass is 35.5. The maximum Gasteiger partial charge on any atom is 0.322 e. The van der Waals surface area contributed by atoms with Crippen LogP contribution in [0.15, 0.2) is 48.5 Å². The van der Waals surface area contributed by atoms with Crippen LogP contribution >= 0.6 is 11.6 Å². The summed E-state index contributed by atoms with van der Waals surface area (Å²) in [5.74, 6) is 0.154. The minimum absolute atomic E-state index is 0.366. The van der Waals surface area contributed by atoms with Crippen molar-refractivity contribution in [2.24, 2.45) is 5.73 Å². The molecule has 1 unspecified atom stereocenters. The molecule has 0 radical (unpaired) electrons. The van der Waals surface area contributed by atoms with Crippen molar-refractivity contribution >= 4 is 17.6 Å². The van der Waals surface area contributed by atoms with E-state index in [-0.39, 0.29) is 0 Å². The molecule has 0 aliphatic heterocycles. The zero-order valence-corrected chi connectivity index (χ0v) is 13.0. The van der Waals surface area contributed by atoms with Gasteiger partial charge in [-0.3, -0.25) is 4.79 Å². The zero-order valence-electron chi connectivity index (χ0n) is 12.3. The second-order valence-electron chi connectivity index (χ2n) is 4.87. The third kappa shape index (κ3) is 4.48. The topological polar surface area (TPSA) is 61.5 Å². The number of rotatable bonds is 6. The van der Waals surface area contributed by atoms with Crippen LogP contribution < -0.4 is 10.5 Å². The molecule has 2 N–H and O–H groups in total. The van der Waals surface area contributed by atoms with Crippen LogP contribution in [0.25, 0.3) is 0 Å². The highest BCUT2D eigenvalue weighted by molar-refractivity contribution is 6.32. The molecule has 2 rings (SSSR count). The summed E-state index contributed by atoms with van der Waals surface area (Å²) in [5, 5.41) is 0.491. The minimum atomic E-state index is -0.697. The first kappa shape index (κ1) is 16.3. The van der Waals surface area contributed by atoms with Gasteiger partial charge in [0.05, 0.1) is 12.1 Å². The Morgan fingerprint density at radius 3 is 2.55 bits per heavy atom. The lowest BCUT2D eigenvalue weighted by Crippen LogP contribution is -2.33. The van der Waals surface area contributed by atoms with Crippen molar-refractivity contribution in [3.05, 3.63) is 64.7 Å². The molecule has 0 saturated carbocycles. The highest BCUT2D eigenvalue weighted by Gasteiger charge is 2.15. The summed E-state index contributed by atoms with van der Waals surface area (Å²) in [5.41, 5.74) is 7.66. The van der Waals surface area contributed by atoms with Crippen molar-refractivity contribution in [3.8, 4) is 5.75 Å². The molecule has 0 aliphatic rings. The van der Waals surface area contributed by atoms with Crippen LogP contribution in [0.1, 0.15) is 11.1 Å². The van der Waals surface area contributed by atoms with E-state index < -0.39 is 12.0 Å². The van der Waals surface area contributed by atoms with E-state index in [2.05, 4.69) is 4.74 Å². The molecule has 2 aromatic carbocycles. The van der Waals surface area contributed by atoms with Crippen molar-refractivity contribution in [1.82, 2.24) is 0 Å². The molecule has 0 fully saturated rings. The summed E-state index contributed by atoms with van der Waals surface area (Å²) < 4.78 is 10.3. The van der Waals surface area contributed by atoms with E-state index in [1.165, 1.54) is 7.11 Å². The van der Waals surface area contributed by atoms with Crippen molar-refractivity contribution in [2.75, 3.05) is 7.11 Å². The van der Waals surface area contributed by atoms with Gasteiger partial charge in [0.15, 0.2) is 0 Å². The van der Waals surface area contributed by atoms with Crippen LogP contribution in [-0.2, 0) is 22.6 Å². The molecule has 5 heteroatoms. The summed E-state index contributed by atoms with van der Waals surface area (Å²) in [6.07, 6.45) is 0.366. The normalized spacial score (nSPS) is 11.8. The lowest BCUT2D eigenvalue weighted by Gasteiger charge is -2.12. The number of carbonyl (C=O) groups is 1. The van der Waals surface area contributed by atoms with Gasteiger partial charge in [0.25, 0.3) is 0 Å². The maximum absolute atomic E-state index is 11.3. The number of halogens is 1. The van der Waals surface area contributed by atoms with Crippen LogP contribution in [0.2, 0.25) is 5.02 Å². The molecular formula is C17H18ClNO3. The fraction of sp³-hybridized carbons (Fsp3) is 0.235. The Morgan fingerprint density at radius 1 is 1.18 bits per heavy atom. The molecule has 0 aromatic heterocycles. The van der Waals surface area contributed by atoms with Gasteiger partial charge in [0.1, 0.15) is 18.4 Å². The number of hydrogen-bond acceptors (Lipinski definition) is 4. The van der Waals surface area contributed by atoms with Crippen molar-refractivity contribution in [2.45, 2.75) is 19.1 Å².